The van der Waals surface area contributed by atoms with E-state index in [1.165, 1.54) is 6.07 Å². The largest absolute Gasteiger partial charge is 0.323 e. The summed E-state index contributed by atoms with van der Waals surface area (Å²) in [4.78, 5) is 14.8. The van der Waals surface area contributed by atoms with Gasteiger partial charge in [-0.3, -0.25) is 10.1 Å². The Bertz CT molecular complexity index is 694. The predicted octanol–water partition coefficient (Wildman–Crippen LogP) is 2.60. The first kappa shape index (κ1) is 13.9. The number of nitrogens with zero attached hydrogens (tertiary/aromatic N) is 3. The zero-order valence-corrected chi connectivity index (χ0v) is 11.7. The van der Waals surface area contributed by atoms with E-state index < -0.39 is 4.92 Å². The minimum Gasteiger partial charge on any atom is -0.258 e. The molecule has 1 aromatic heterocycles. The molecule has 0 unspecified atom stereocenters. The van der Waals surface area contributed by atoms with Crippen molar-refractivity contribution < 1.29 is 9.49 Å². The van der Waals surface area contributed by atoms with Gasteiger partial charge in [0.25, 0.3) is 5.69 Å². The van der Waals surface area contributed by atoms with Crippen molar-refractivity contribution in [3.8, 4) is 0 Å². The zero-order chi connectivity index (χ0) is 14.7. The summed E-state index contributed by atoms with van der Waals surface area (Å²) < 4.78 is 1.97. The highest BCUT2D eigenvalue weighted by molar-refractivity contribution is 5.67. The first-order valence-electron chi connectivity index (χ1n) is 6.24. The smallest absolute Gasteiger partial charge is 0.258 e. The lowest BCUT2D eigenvalue weighted by atomic mass is 10.2. The number of aryl methyl sites for hydroxylation is 2. The van der Waals surface area contributed by atoms with Crippen LogP contribution in [0.1, 0.15) is 22.8 Å². The molecule has 5 nitrogen and oxygen atoms in total. The van der Waals surface area contributed by atoms with E-state index in [9.17, 15) is 10.1 Å². The van der Waals surface area contributed by atoms with Gasteiger partial charge < -0.3 is 0 Å². The lowest BCUT2D eigenvalue weighted by Gasteiger charge is -1.99. The fourth-order valence-corrected chi connectivity index (χ4v) is 1.93. The van der Waals surface area contributed by atoms with Crippen molar-refractivity contribution in [1.82, 2.24) is 4.98 Å². The van der Waals surface area contributed by atoms with Crippen LogP contribution in [0.15, 0.2) is 30.3 Å². The Morgan fingerprint density at radius 2 is 2.00 bits per heavy atom. The van der Waals surface area contributed by atoms with Gasteiger partial charge in [0.05, 0.1) is 12.0 Å². The molecule has 0 radical (unpaired) electrons. The predicted molar refractivity (Wildman–Crippen MR) is 76.9 cm³/mol. The number of non-ortho nitro benzene ring substituents is 1. The van der Waals surface area contributed by atoms with Crippen molar-refractivity contribution in [2.75, 3.05) is 0 Å². The summed E-state index contributed by atoms with van der Waals surface area (Å²) >= 11 is 0. The minimum absolute atomic E-state index is 0.0879. The highest BCUT2D eigenvalue weighted by Crippen LogP contribution is 2.14. The van der Waals surface area contributed by atoms with Gasteiger partial charge in [0, 0.05) is 31.2 Å². The minimum atomic E-state index is -0.396. The molecule has 0 amide bonds. The molecule has 0 aliphatic heterocycles. The van der Waals surface area contributed by atoms with Gasteiger partial charge in [0.15, 0.2) is 5.69 Å². The fraction of sp³-hybridized carbons (Fsp3) is 0.200. The Morgan fingerprint density at radius 3 is 2.70 bits per heavy atom. The summed E-state index contributed by atoms with van der Waals surface area (Å²) in [5, 5.41) is 10.7. The number of hydrogen-bond donors (Lipinski definition) is 0. The SMILES string of the molecule is Cc1cc(C)[n+](C)c(/C=C\c2cccc([N+](=O)[O-])c2)n1. The molecule has 0 aliphatic carbocycles. The Morgan fingerprint density at radius 1 is 1.25 bits per heavy atom. The quantitative estimate of drug-likeness (QED) is 0.489. The van der Waals surface area contributed by atoms with Crippen molar-refractivity contribution in [1.29, 1.82) is 0 Å². The van der Waals surface area contributed by atoms with Crippen LogP contribution in [0.25, 0.3) is 12.2 Å². The van der Waals surface area contributed by atoms with Crippen LogP contribution in [0.3, 0.4) is 0 Å². The molecular formula is C15H16N3O2+. The van der Waals surface area contributed by atoms with Crippen LogP contribution in [-0.4, -0.2) is 9.91 Å². The fourth-order valence-electron chi connectivity index (χ4n) is 1.93. The Balaban J connectivity index is 2.34. The summed E-state index contributed by atoms with van der Waals surface area (Å²) in [5.41, 5.74) is 2.92. The summed E-state index contributed by atoms with van der Waals surface area (Å²) in [5.74, 6) is 0.814. The molecule has 0 atom stereocenters. The molecule has 102 valence electrons. The van der Waals surface area contributed by atoms with Crippen molar-refractivity contribution in [3.63, 3.8) is 0 Å². The Hall–Kier alpha value is -2.56. The Labute approximate surface area is 117 Å². The maximum atomic E-state index is 10.7. The van der Waals surface area contributed by atoms with Crippen molar-refractivity contribution in [3.05, 3.63) is 63.2 Å². The summed E-state index contributed by atoms with van der Waals surface area (Å²) in [7, 11) is 1.94. The van der Waals surface area contributed by atoms with Gasteiger partial charge in [-0.1, -0.05) is 12.1 Å². The lowest BCUT2D eigenvalue weighted by Crippen LogP contribution is -2.36. The molecule has 0 bridgehead atoms. The third-order valence-electron chi connectivity index (χ3n) is 3.09. The highest BCUT2D eigenvalue weighted by Gasteiger charge is 2.10. The van der Waals surface area contributed by atoms with Crippen LogP contribution < -0.4 is 4.57 Å². The van der Waals surface area contributed by atoms with E-state index in [2.05, 4.69) is 4.98 Å². The molecule has 0 aliphatic rings. The highest BCUT2D eigenvalue weighted by atomic mass is 16.6. The van der Waals surface area contributed by atoms with E-state index in [-0.39, 0.29) is 5.69 Å². The monoisotopic (exact) mass is 270 g/mol. The maximum Gasteiger partial charge on any atom is 0.323 e. The molecule has 2 rings (SSSR count). The average molecular weight is 270 g/mol. The van der Waals surface area contributed by atoms with Crippen LogP contribution in [0.5, 0.6) is 0 Å². The Kier molecular flexibility index (Phi) is 3.89. The van der Waals surface area contributed by atoms with Crippen LogP contribution in [0, 0.1) is 24.0 Å². The molecule has 0 saturated heterocycles. The average Bonchev–Trinajstić information content (AvgIpc) is 2.41. The number of benzene rings is 1. The first-order valence-corrected chi connectivity index (χ1v) is 6.24. The van der Waals surface area contributed by atoms with Gasteiger partial charge in [-0.2, -0.15) is 0 Å². The zero-order valence-electron chi connectivity index (χ0n) is 11.7. The summed E-state index contributed by atoms with van der Waals surface area (Å²) in [6.45, 7) is 3.96. The maximum absolute atomic E-state index is 10.7. The summed E-state index contributed by atoms with van der Waals surface area (Å²) in [6, 6.07) is 8.52. The second kappa shape index (κ2) is 5.61. The van der Waals surface area contributed by atoms with E-state index in [4.69, 9.17) is 0 Å². The molecule has 2 aromatic rings. The van der Waals surface area contributed by atoms with E-state index in [0.29, 0.717) is 0 Å². The molecule has 0 fully saturated rings. The number of aromatic nitrogens is 2. The topological polar surface area (TPSA) is 59.9 Å². The van der Waals surface area contributed by atoms with Crippen LogP contribution in [0.2, 0.25) is 0 Å². The second-order valence-corrected chi connectivity index (χ2v) is 4.64. The molecule has 1 heterocycles. The van der Waals surface area contributed by atoms with E-state index in [1.807, 2.05) is 49.7 Å². The third kappa shape index (κ3) is 3.06. The van der Waals surface area contributed by atoms with Gasteiger partial charge in [-0.25, -0.2) is 4.57 Å². The normalized spacial score (nSPS) is 10.9. The number of nitro groups is 1. The van der Waals surface area contributed by atoms with Gasteiger partial charge in [0.1, 0.15) is 5.69 Å². The number of nitro benzene ring substituents is 1. The standard InChI is InChI=1S/C15H16N3O2/c1-11-9-12(2)17(3)15(16-11)8-7-13-5-4-6-14(10-13)18(19)20/h4-10H,1-3H3/q+1/b8-7-. The van der Waals surface area contributed by atoms with Gasteiger partial charge in [0.2, 0.25) is 0 Å². The third-order valence-corrected chi connectivity index (χ3v) is 3.09. The molecule has 1 aromatic carbocycles. The molecule has 0 N–H and O–H groups in total. The molecule has 0 saturated carbocycles. The molecular weight excluding hydrogens is 254 g/mol. The molecule has 0 spiro atoms. The summed E-state index contributed by atoms with van der Waals surface area (Å²) in [6.07, 6.45) is 3.69. The van der Waals surface area contributed by atoms with Gasteiger partial charge >= 0.3 is 5.82 Å². The van der Waals surface area contributed by atoms with Crippen molar-refractivity contribution in [2.45, 2.75) is 13.8 Å². The van der Waals surface area contributed by atoms with Crippen LogP contribution in [0.4, 0.5) is 5.69 Å². The van der Waals surface area contributed by atoms with Crippen molar-refractivity contribution >= 4 is 17.8 Å². The van der Waals surface area contributed by atoms with E-state index in [1.54, 1.807) is 12.1 Å². The van der Waals surface area contributed by atoms with E-state index >= 15 is 0 Å². The van der Waals surface area contributed by atoms with Gasteiger partial charge in [-0.05, 0) is 23.5 Å². The van der Waals surface area contributed by atoms with Crippen molar-refractivity contribution in [2.24, 2.45) is 7.05 Å². The van der Waals surface area contributed by atoms with Crippen LogP contribution >= 0.6 is 0 Å². The molecule has 5 heteroatoms. The first-order chi connectivity index (χ1) is 9.47. The van der Waals surface area contributed by atoms with E-state index in [0.717, 1.165) is 22.8 Å². The molecule has 20 heavy (non-hydrogen) atoms. The number of hydrogen-bond acceptors (Lipinski definition) is 3. The van der Waals surface area contributed by atoms with Crippen LogP contribution in [-0.2, 0) is 7.05 Å². The number of rotatable bonds is 3. The second-order valence-electron chi connectivity index (χ2n) is 4.64. The lowest BCUT2D eigenvalue weighted by molar-refractivity contribution is -0.682. The van der Waals surface area contributed by atoms with Gasteiger partial charge in [-0.15, -0.1) is 0 Å².